The fourth-order valence-electron chi connectivity index (χ4n) is 4.74. The van der Waals surface area contributed by atoms with Crippen molar-refractivity contribution in [1.82, 2.24) is 9.80 Å². The van der Waals surface area contributed by atoms with Gasteiger partial charge in [0.2, 0.25) is 0 Å². The second-order valence-electron chi connectivity index (χ2n) is 10.4. The third-order valence-corrected chi connectivity index (χ3v) is 9.10. The Balaban J connectivity index is 1.30. The average molecular weight is 667 g/mol. The molecule has 12 heteroatoms. The molecule has 1 N–H and O–H groups in total. The zero-order valence-corrected chi connectivity index (χ0v) is 26.9. The van der Waals surface area contributed by atoms with E-state index >= 15 is 0 Å². The van der Waals surface area contributed by atoms with Crippen LogP contribution < -0.4 is 9.47 Å². The first kappa shape index (κ1) is 32.6. The summed E-state index contributed by atoms with van der Waals surface area (Å²) in [5.41, 5.74) is 3.63. The van der Waals surface area contributed by atoms with Crippen LogP contribution >= 0.6 is 35.6 Å². The van der Waals surface area contributed by atoms with Gasteiger partial charge in [-0.1, -0.05) is 53.8 Å². The number of aryl methyl sites for hydroxylation is 1. The van der Waals surface area contributed by atoms with E-state index < -0.39 is 11.9 Å². The maximum atomic E-state index is 13.4. The minimum Gasteiger partial charge on any atom is -0.492 e. The van der Waals surface area contributed by atoms with Gasteiger partial charge in [-0.2, -0.15) is 0 Å². The van der Waals surface area contributed by atoms with Crippen LogP contribution in [0.15, 0.2) is 65.6 Å². The van der Waals surface area contributed by atoms with Gasteiger partial charge in [0.25, 0.3) is 5.91 Å². The number of ether oxygens (including phenoxy) is 3. The van der Waals surface area contributed by atoms with Crippen molar-refractivity contribution in [2.45, 2.75) is 13.3 Å². The number of thioether (sulfide) groups is 1. The predicted molar refractivity (Wildman–Crippen MR) is 178 cm³/mol. The topological polar surface area (TPSA) is 106 Å². The zero-order chi connectivity index (χ0) is 31.9. The number of rotatable bonds is 11. The highest BCUT2D eigenvalue weighted by Crippen LogP contribution is 2.36. The summed E-state index contributed by atoms with van der Waals surface area (Å²) < 4.78 is 17.3. The molecule has 2 heterocycles. The number of halogens is 1. The van der Waals surface area contributed by atoms with Gasteiger partial charge >= 0.3 is 11.9 Å². The van der Waals surface area contributed by atoms with E-state index in [-0.39, 0.29) is 30.2 Å². The Labute approximate surface area is 275 Å². The number of esters is 1. The van der Waals surface area contributed by atoms with Crippen LogP contribution in [0.5, 0.6) is 11.5 Å². The van der Waals surface area contributed by atoms with Crippen LogP contribution in [0.1, 0.15) is 27.9 Å². The standard InChI is InChI=1S/C33H31ClN2O7S2/c1-21-2-3-24(19-27(21)34)23-6-9-28(42-17-14-35-12-15-41-16-13-35)25(18-23)20-29-31(38)36(33(44)45-29)11-10-30(37)43-26-7-4-22(5-8-26)32(39)40/h2-9,18-20H,10-17H2,1H3,(H,39,40)/b29-20-. The molecule has 5 rings (SSSR count). The van der Waals surface area contributed by atoms with E-state index in [1.54, 1.807) is 6.08 Å². The molecule has 45 heavy (non-hydrogen) atoms. The van der Waals surface area contributed by atoms with Crippen molar-refractivity contribution < 1.29 is 33.7 Å². The summed E-state index contributed by atoms with van der Waals surface area (Å²) in [7, 11) is 0. The number of carboxylic acid groups (broad SMARTS) is 1. The largest absolute Gasteiger partial charge is 0.492 e. The van der Waals surface area contributed by atoms with Crippen LogP contribution in [0.25, 0.3) is 17.2 Å². The molecule has 0 aliphatic carbocycles. The molecule has 0 bridgehead atoms. The van der Waals surface area contributed by atoms with Gasteiger partial charge in [0.1, 0.15) is 22.4 Å². The Kier molecular flexibility index (Phi) is 10.9. The Bertz CT molecular complexity index is 1640. The lowest BCUT2D eigenvalue weighted by molar-refractivity contribution is -0.134. The molecule has 0 radical (unpaired) electrons. The zero-order valence-electron chi connectivity index (χ0n) is 24.5. The molecule has 2 fully saturated rings. The van der Waals surface area contributed by atoms with Crippen LogP contribution in [0.3, 0.4) is 0 Å². The van der Waals surface area contributed by atoms with Crippen LogP contribution in [-0.4, -0.2) is 83.1 Å². The minimum atomic E-state index is -1.08. The van der Waals surface area contributed by atoms with Crippen molar-refractivity contribution in [2.75, 3.05) is 46.0 Å². The molecule has 234 valence electrons. The summed E-state index contributed by atoms with van der Waals surface area (Å²) in [5, 5.41) is 9.70. The van der Waals surface area contributed by atoms with Crippen LogP contribution in [-0.2, 0) is 14.3 Å². The average Bonchev–Trinajstić information content (AvgIpc) is 3.30. The normalized spacial score (nSPS) is 16.3. The highest BCUT2D eigenvalue weighted by atomic mass is 35.5. The lowest BCUT2D eigenvalue weighted by Gasteiger charge is -2.26. The van der Waals surface area contributed by atoms with Crippen molar-refractivity contribution in [3.63, 3.8) is 0 Å². The molecule has 1 amide bonds. The first-order valence-electron chi connectivity index (χ1n) is 14.3. The van der Waals surface area contributed by atoms with E-state index in [1.165, 1.54) is 29.2 Å². The van der Waals surface area contributed by atoms with E-state index in [1.807, 2.05) is 43.3 Å². The van der Waals surface area contributed by atoms with E-state index in [0.29, 0.717) is 39.8 Å². The minimum absolute atomic E-state index is 0.0405. The molecule has 0 spiro atoms. The molecule has 2 aliphatic rings. The monoisotopic (exact) mass is 666 g/mol. The van der Waals surface area contributed by atoms with Gasteiger partial charge in [-0.15, -0.1) is 0 Å². The van der Waals surface area contributed by atoms with Gasteiger partial charge in [0.15, 0.2) is 0 Å². The maximum absolute atomic E-state index is 13.4. The quantitative estimate of drug-likeness (QED) is 0.115. The smallest absolute Gasteiger partial charge is 0.335 e. The molecule has 3 aromatic carbocycles. The molecular formula is C33H31ClN2O7S2. The predicted octanol–water partition coefficient (Wildman–Crippen LogP) is 5.92. The molecular weight excluding hydrogens is 636 g/mol. The van der Waals surface area contributed by atoms with Crippen molar-refractivity contribution in [3.05, 3.63) is 87.3 Å². The van der Waals surface area contributed by atoms with Gasteiger partial charge < -0.3 is 19.3 Å². The number of carbonyl (C=O) groups excluding carboxylic acids is 2. The fraction of sp³-hybridized carbons (Fsp3) is 0.273. The molecule has 0 atom stereocenters. The molecule has 3 aromatic rings. The lowest BCUT2D eigenvalue weighted by atomic mass is 10.0. The molecule has 0 saturated carbocycles. The van der Waals surface area contributed by atoms with Crippen molar-refractivity contribution in [2.24, 2.45) is 0 Å². The Morgan fingerprint density at radius 1 is 1.04 bits per heavy atom. The Hall–Kier alpha value is -3.74. The summed E-state index contributed by atoms with van der Waals surface area (Å²) in [6.07, 6.45) is 1.67. The Morgan fingerprint density at radius 2 is 1.76 bits per heavy atom. The maximum Gasteiger partial charge on any atom is 0.335 e. The third kappa shape index (κ3) is 8.50. The highest BCUT2D eigenvalue weighted by molar-refractivity contribution is 8.26. The molecule has 9 nitrogen and oxygen atoms in total. The first-order valence-corrected chi connectivity index (χ1v) is 15.9. The van der Waals surface area contributed by atoms with E-state index in [2.05, 4.69) is 4.90 Å². The number of amides is 1. The van der Waals surface area contributed by atoms with Crippen LogP contribution in [0.4, 0.5) is 0 Å². The Morgan fingerprint density at radius 3 is 2.47 bits per heavy atom. The SMILES string of the molecule is Cc1ccc(-c2ccc(OCCN3CCOCC3)c(/C=C3\SC(=S)N(CCC(=O)Oc4ccc(C(=O)O)cc4)C3=O)c2)cc1Cl. The second kappa shape index (κ2) is 15.0. The van der Waals surface area contributed by atoms with E-state index in [0.717, 1.165) is 53.6 Å². The summed E-state index contributed by atoms with van der Waals surface area (Å²) in [6, 6.07) is 17.2. The fourth-order valence-corrected chi connectivity index (χ4v) is 6.22. The number of aromatic carboxylic acids is 1. The number of hydrogen-bond donors (Lipinski definition) is 1. The van der Waals surface area contributed by atoms with Gasteiger partial charge in [-0.05, 0) is 72.2 Å². The van der Waals surface area contributed by atoms with Crippen molar-refractivity contribution in [1.29, 1.82) is 0 Å². The lowest BCUT2D eigenvalue weighted by Crippen LogP contribution is -2.38. The van der Waals surface area contributed by atoms with Crippen LogP contribution in [0, 0.1) is 6.92 Å². The summed E-state index contributed by atoms with van der Waals surface area (Å²) in [4.78, 5) is 41.0. The summed E-state index contributed by atoms with van der Waals surface area (Å²) in [6.45, 7) is 6.34. The second-order valence-corrected chi connectivity index (χ2v) is 12.5. The van der Waals surface area contributed by atoms with Gasteiger partial charge in [0.05, 0.1) is 30.1 Å². The van der Waals surface area contributed by atoms with E-state index in [4.69, 9.17) is 43.1 Å². The number of carboxylic acids is 1. The number of hydrogen-bond acceptors (Lipinski definition) is 9. The van der Waals surface area contributed by atoms with Gasteiger partial charge in [0, 0.05) is 36.8 Å². The summed E-state index contributed by atoms with van der Waals surface area (Å²) >= 11 is 13.1. The van der Waals surface area contributed by atoms with E-state index in [9.17, 15) is 14.4 Å². The molecule has 2 saturated heterocycles. The molecule has 0 aromatic heterocycles. The number of morpholine rings is 1. The third-order valence-electron chi connectivity index (χ3n) is 7.32. The molecule has 2 aliphatic heterocycles. The first-order chi connectivity index (χ1) is 21.7. The van der Waals surface area contributed by atoms with Crippen molar-refractivity contribution >= 4 is 63.8 Å². The number of nitrogens with zero attached hydrogens (tertiary/aromatic N) is 2. The van der Waals surface area contributed by atoms with Crippen LogP contribution in [0.2, 0.25) is 5.02 Å². The van der Waals surface area contributed by atoms with Crippen molar-refractivity contribution in [3.8, 4) is 22.6 Å². The van der Waals surface area contributed by atoms with Gasteiger partial charge in [-0.3, -0.25) is 19.4 Å². The number of benzene rings is 3. The highest BCUT2D eigenvalue weighted by Gasteiger charge is 2.32. The number of carbonyl (C=O) groups is 3. The molecule has 0 unspecified atom stereocenters. The number of thiocarbonyl (C=S) groups is 1. The van der Waals surface area contributed by atoms with Gasteiger partial charge in [-0.25, -0.2) is 4.79 Å². The summed E-state index contributed by atoms with van der Waals surface area (Å²) in [5.74, 6) is -1.12.